The van der Waals surface area contributed by atoms with E-state index in [0.717, 1.165) is 13.0 Å². The Balaban J connectivity index is 1.95. The van der Waals surface area contributed by atoms with E-state index in [1.165, 1.54) is 70.9 Å². The van der Waals surface area contributed by atoms with E-state index in [9.17, 15) is 0 Å². The van der Waals surface area contributed by atoms with Crippen molar-refractivity contribution in [3.05, 3.63) is 0 Å². The molecule has 0 aromatic carbocycles. The van der Waals surface area contributed by atoms with Crippen LogP contribution in [0.15, 0.2) is 0 Å². The third-order valence-corrected chi connectivity index (χ3v) is 4.27. The smallest absolute Gasteiger partial charge is 0.0949 e. The first-order chi connectivity index (χ1) is 9.24. The Morgan fingerprint density at radius 1 is 1.11 bits per heavy atom. The van der Waals surface area contributed by atoms with Gasteiger partial charge in [0.05, 0.1) is 5.84 Å². The molecule has 0 aliphatic carbocycles. The Hall–Kier alpha value is -0.570. The van der Waals surface area contributed by atoms with Crippen LogP contribution >= 0.6 is 0 Å². The average Bonchev–Trinajstić information content (AvgIpc) is 2.42. The average molecular weight is 267 g/mol. The van der Waals surface area contributed by atoms with Gasteiger partial charge in [-0.2, -0.15) is 0 Å². The number of nitrogens with two attached hydrogens (primary N) is 1. The topological polar surface area (TPSA) is 53.1 Å². The molecule has 1 aliphatic rings. The summed E-state index contributed by atoms with van der Waals surface area (Å²) in [4.78, 5) is 2.51. The van der Waals surface area contributed by atoms with Crippen molar-refractivity contribution in [3.63, 3.8) is 0 Å². The van der Waals surface area contributed by atoms with Crippen molar-refractivity contribution in [2.45, 2.75) is 71.1 Å². The minimum absolute atomic E-state index is 0.322. The van der Waals surface area contributed by atoms with Crippen LogP contribution in [-0.2, 0) is 0 Å². The van der Waals surface area contributed by atoms with Crippen molar-refractivity contribution >= 4 is 5.84 Å². The fourth-order valence-corrected chi connectivity index (χ4v) is 2.98. The van der Waals surface area contributed by atoms with Crippen LogP contribution in [0.3, 0.4) is 0 Å². The summed E-state index contributed by atoms with van der Waals surface area (Å²) in [6.45, 7) is 5.71. The van der Waals surface area contributed by atoms with Crippen molar-refractivity contribution in [2.75, 3.05) is 19.6 Å². The maximum absolute atomic E-state index is 7.55. The van der Waals surface area contributed by atoms with Crippen LogP contribution in [0.4, 0.5) is 0 Å². The van der Waals surface area contributed by atoms with E-state index in [4.69, 9.17) is 11.1 Å². The maximum Gasteiger partial charge on any atom is 0.0949 e. The van der Waals surface area contributed by atoms with Gasteiger partial charge in [0.2, 0.25) is 0 Å². The summed E-state index contributed by atoms with van der Waals surface area (Å²) in [5.74, 6) is 0.711. The molecule has 3 heteroatoms. The molecule has 19 heavy (non-hydrogen) atoms. The number of likely N-dealkylation sites (tertiary alicyclic amines) is 1. The highest BCUT2D eigenvalue weighted by Gasteiger charge is 2.21. The second-order valence-electron chi connectivity index (χ2n) is 6.07. The summed E-state index contributed by atoms with van der Waals surface area (Å²) in [5, 5.41) is 7.55. The zero-order chi connectivity index (χ0) is 13.9. The monoisotopic (exact) mass is 267 g/mol. The lowest BCUT2D eigenvalue weighted by Gasteiger charge is -2.32. The third-order valence-electron chi connectivity index (χ3n) is 4.27. The van der Waals surface area contributed by atoms with Gasteiger partial charge in [-0.15, -0.1) is 0 Å². The molecule has 0 bridgehead atoms. The number of rotatable bonds is 10. The number of nitrogens with zero attached hydrogens (tertiary/aromatic N) is 1. The van der Waals surface area contributed by atoms with Crippen molar-refractivity contribution in [3.8, 4) is 0 Å². The van der Waals surface area contributed by atoms with Gasteiger partial charge in [0.15, 0.2) is 0 Å². The summed E-state index contributed by atoms with van der Waals surface area (Å²) in [6, 6.07) is 0. The second kappa shape index (κ2) is 10.2. The number of amidine groups is 1. The summed E-state index contributed by atoms with van der Waals surface area (Å²) < 4.78 is 0. The van der Waals surface area contributed by atoms with Crippen LogP contribution in [0.1, 0.15) is 71.1 Å². The molecule has 1 saturated heterocycles. The summed E-state index contributed by atoms with van der Waals surface area (Å²) in [6.07, 6.45) is 13.4. The zero-order valence-corrected chi connectivity index (χ0v) is 12.8. The van der Waals surface area contributed by atoms with Gasteiger partial charge >= 0.3 is 0 Å². The number of hydrogen-bond donors (Lipinski definition) is 2. The Labute approximate surface area is 119 Å². The SMILES string of the molecule is CCCCCCCCCCN1CCCC(C(=N)N)C1. The normalized spacial score (nSPS) is 20.6. The van der Waals surface area contributed by atoms with E-state index >= 15 is 0 Å². The second-order valence-corrected chi connectivity index (χ2v) is 6.07. The first-order valence-corrected chi connectivity index (χ1v) is 8.30. The van der Waals surface area contributed by atoms with Crippen LogP contribution in [0.5, 0.6) is 0 Å². The molecule has 0 spiro atoms. The van der Waals surface area contributed by atoms with Crippen LogP contribution in [0.2, 0.25) is 0 Å². The molecule has 0 aromatic rings. The molecule has 3 N–H and O–H groups in total. The maximum atomic E-state index is 7.55. The number of piperidine rings is 1. The minimum Gasteiger partial charge on any atom is -0.387 e. The number of unbranched alkanes of at least 4 members (excludes halogenated alkanes) is 7. The van der Waals surface area contributed by atoms with E-state index in [1.807, 2.05) is 0 Å². The van der Waals surface area contributed by atoms with Gasteiger partial charge in [-0.1, -0.05) is 51.9 Å². The molecule has 1 heterocycles. The molecule has 1 rings (SSSR count). The van der Waals surface area contributed by atoms with E-state index in [-0.39, 0.29) is 0 Å². The lowest BCUT2D eigenvalue weighted by Crippen LogP contribution is -2.41. The van der Waals surface area contributed by atoms with E-state index in [1.54, 1.807) is 0 Å². The lowest BCUT2D eigenvalue weighted by atomic mass is 9.97. The molecular weight excluding hydrogens is 234 g/mol. The summed E-state index contributed by atoms with van der Waals surface area (Å²) >= 11 is 0. The molecule has 0 aromatic heterocycles. The van der Waals surface area contributed by atoms with Gasteiger partial charge in [-0.3, -0.25) is 5.41 Å². The molecule has 1 aliphatic heterocycles. The highest BCUT2D eigenvalue weighted by atomic mass is 15.1. The van der Waals surface area contributed by atoms with Gasteiger partial charge in [0.25, 0.3) is 0 Å². The largest absolute Gasteiger partial charge is 0.387 e. The van der Waals surface area contributed by atoms with Gasteiger partial charge in [-0.05, 0) is 32.4 Å². The standard InChI is InChI=1S/C16H33N3/c1-2-3-4-5-6-7-8-9-12-19-13-10-11-15(14-19)16(17)18/h15H,2-14H2,1H3,(H3,17,18). The molecule has 0 radical (unpaired) electrons. The predicted molar refractivity (Wildman–Crippen MR) is 83.7 cm³/mol. The quantitative estimate of drug-likeness (QED) is 0.359. The molecule has 1 unspecified atom stereocenters. The first kappa shape index (κ1) is 16.5. The summed E-state index contributed by atoms with van der Waals surface area (Å²) in [7, 11) is 0. The van der Waals surface area contributed by atoms with Crippen LogP contribution < -0.4 is 5.73 Å². The number of nitrogens with one attached hydrogen (secondary N) is 1. The highest BCUT2D eigenvalue weighted by Crippen LogP contribution is 2.17. The van der Waals surface area contributed by atoms with E-state index in [2.05, 4.69) is 11.8 Å². The minimum atomic E-state index is 0.322. The van der Waals surface area contributed by atoms with Crippen molar-refractivity contribution in [1.29, 1.82) is 5.41 Å². The Kier molecular flexibility index (Phi) is 8.89. The molecule has 1 fully saturated rings. The van der Waals surface area contributed by atoms with Crippen LogP contribution in [0, 0.1) is 11.3 Å². The van der Waals surface area contributed by atoms with Crippen molar-refractivity contribution < 1.29 is 0 Å². The first-order valence-electron chi connectivity index (χ1n) is 8.30. The Morgan fingerprint density at radius 2 is 1.74 bits per heavy atom. The van der Waals surface area contributed by atoms with Crippen molar-refractivity contribution in [1.82, 2.24) is 4.90 Å². The molecule has 0 saturated carbocycles. The third kappa shape index (κ3) is 7.56. The number of hydrogen-bond acceptors (Lipinski definition) is 2. The fraction of sp³-hybridized carbons (Fsp3) is 0.938. The molecule has 3 nitrogen and oxygen atoms in total. The van der Waals surface area contributed by atoms with Gasteiger partial charge in [0, 0.05) is 12.5 Å². The highest BCUT2D eigenvalue weighted by molar-refractivity contribution is 5.79. The zero-order valence-electron chi connectivity index (χ0n) is 12.8. The lowest BCUT2D eigenvalue weighted by molar-refractivity contribution is 0.199. The van der Waals surface area contributed by atoms with Crippen LogP contribution in [0.25, 0.3) is 0 Å². The van der Waals surface area contributed by atoms with Gasteiger partial charge in [-0.25, -0.2) is 0 Å². The molecule has 0 amide bonds. The Morgan fingerprint density at radius 3 is 2.37 bits per heavy atom. The van der Waals surface area contributed by atoms with Gasteiger partial charge in [0.1, 0.15) is 0 Å². The molecule has 112 valence electrons. The fourth-order valence-electron chi connectivity index (χ4n) is 2.98. The predicted octanol–water partition coefficient (Wildman–Crippen LogP) is 3.78. The Bertz CT molecular complexity index is 240. The van der Waals surface area contributed by atoms with E-state index in [0.29, 0.717) is 11.8 Å². The molecular formula is C16H33N3. The molecule has 1 atom stereocenters. The van der Waals surface area contributed by atoms with E-state index < -0.39 is 0 Å². The van der Waals surface area contributed by atoms with Crippen molar-refractivity contribution in [2.24, 2.45) is 11.7 Å². The summed E-state index contributed by atoms with van der Waals surface area (Å²) in [5.41, 5.74) is 5.62. The van der Waals surface area contributed by atoms with Crippen LogP contribution in [-0.4, -0.2) is 30.4 Å². The van der Waals surface area contributed by atoms with Gasteiger partial charge < -0.3 is 10.6 Å².